The Morgan fingerprint density at radius 1 is 1.05 bits per heavy atom. The number of benzene rings is 2. The normalized spacial score (nSPS) is 10.0. The van der Waals surface area contributed by atoms with Crippen molar-refractivity contribution in [2.24, 2.45) is 0 Å². The number of methoxy groups -OCH3 is 2. The minimum atomic E-state index is -0.233. The molecule has 2 aromatic carbocycles. The molecule has 2 rings (SSSR count). The first-order chi connectivity index (χ1) is 10.2. The van der Waals surface area contributed by atoms with Crippen molar-refractivity contribution in [1.29, 1.82) is 0 Å². The third-order valence-corrected chi connectivity index (χ3v) is 3.23. The van der Waals surface area contributed by atoms with Crippen molar-refractivity contribution in [3.05, 3.63) is 59.7 Å². The lowest BCUT2D eigenvalue weighted by Gasteiger charge is -2.11. The first-order valence-electron chi connectivity index (χ1n) is 6.74. The van der Waals surface area contributed by atoms with Gasteiger partial charge in [-0.3, -0.25) is 4.79 Å². The lowest BCUT2D eigenvalue weighted by molar-refractivity contribution is -0.139. The van der Waals surface area contributed by atoms with E-state index >= 15 is 0 Å². The SMILES string of the molecule is COC(=O)Cc1ccccc1CNc1cccc(OC)c1. The van der Waals surface area contributed by atoms with Crippen molar-refractivity contribution >= 4 is 11.7 Å². The monoisotopic (exact) mass is 285 g/mol. The molecule has 0 spiro atoms. The van der Waals surface area contributed by atoms with Gasteiger partial charge in [0.25, 0.3) is 0 Å². The molecule has 110 valence electrons. The highest BCUT2D eigenvalue weighted by Gasteiger charge is 2.07. The largest absolute Gasteiger partial charge is 0.497 e. The van der Waals surface area contributed by atoms with Crippen LogP contribution in [0.1, 0.15) is 11.1 Å². The summed E-state index contributed by atoms with van der Waals surface area (Å²) in [7, 11) is 3.05. The van der Waals surface area contributed by atoms with Crippen molar-refractivity contribution < 1.29 is 14.3 Å². The van der Waals surface area contributed by atoms with Crippen LogP contribution in [0.3, 0.4) is 0 Å². The highest BCUT2D eigenvalue weighted by atomic mass is 16.5. The Bertz CT molecular complexity index is 610. The van der Waals surface area contributed by atoms with E-state index in [4.69, 9.17) is 9.47 Å². The van der Waals surface area contributed by atoms with E-state index in [-0.39, 0.29) is 12.4 Å². The summed E-state index contributed by atoms with van der Waals surface area (Å²) in [6.45, 7) is 0.639. The summed E-state index contributed by atoms with van der Waals surface area (Å²) in [6, 6.07) is 15.6. The molecule has 0 atom stereocenters. The van der Waals surface area contributed by atoms with Crippen molar-refractivity contribution in [3.8, 4) is 5.75 Å². The summed E-state index contributed by atoms with van der Waals surface area (Å²) in [4.78, 5) is 11.4. The Morgan fingerprint density at radius 2 is 1.81 bits per heavy atom. The van der Waals surface area contributed by atoms with E-state index < -0.39 is 0 Å². The molecule has 0 aromatic heterocycles. The standard InChI is InChI=1S/C17H19NO3/c1-20-16-9-5-8-15(11-16)18-12-14-7-4-3-6-13(14)10-17(19)21-2/h3-9,11,18H,10,12H2,1-2H3. The van der Waals surface area contributed by atoms with Gasteiger partial charge >= 0.3 is 5.97 Å². The van der Waals surface area contributed by atoms with Crippen LogP contribution < -0.4 is 10.1 Å². The average Bonchev–Trinajstić information content (AvgIpc) is 2.54. The third kappa shape index (κ3) is 4.24. The van der Waals surface area contributed by atoms with E-state index in [9.17, 15) is 4.79 Å². The van der Waals surface area contributed by atoms with E-state index in [2.05, 4.69) is 5.32 Å². The second kappa shape index (κ2) is 7.33. The number of carbonyl (C=O) groups is 1. The minimum Gasteiger partial charge on any atom is -0.497 e. The second-order valence-corrected chi connectivity index (χ2v) is 4.61. The molecule has 21 heavy (non-hydrogen) atoms. The number of hydrogen-bond donors (Lipinski definition) is 1. The molecule has 0 heterocycles. The summed E-state index contributed by atoms with van der Waals surface area (Å²) in [5.41, 5.74) is 3.02. The van der Waals surface area contributed by atoms with Crippen LogP contribution in [0.25, 0.3) is 0 Å². The summed E-state index contributed by atoms with van der Waals surface area (Å²) < 4.78 is 9.92. The van der Waals surface area contributed by atoms with Crippen LogP contribution in [0, 0.1) is 0 Å². The summed E-state index contributed by atoms with van der Waals surface area (Å²) in [5, 5.41) is 3.34. The van der Waals surface area contributed by atoms with Gasteiger partial charge in [-0.25, -0.2) is 0 Å². The molecule has 0 saturated carbocycles. The van der Waals surface area contributed by atoms with Crippen LogP contribution in [0.2, 0.25) is 0 Å². The number of esters is 1. The highest BCUT2D eigenvalue weighted by Crippen LogP contribution is 2.18. The van der Waals surface area contributed by atoms with Gasteiger partial charge in [-0.05, 0) is 23.3 Å². The zero-order chi connectivity index (χ0) is 15.1. The number of hydrogen-bond acceptors (Lipinski definition) is 4. The Kier molecular flexibility index (Phi) is 5.21. The number of nitrogens with one attached hydrogen (secondary N) is 1. The van der Waals surface area contributed by atoms with Crippen molar-refractivity contribution in [1.82, 2.24) is 0 Å². The van der Waals surface area contributed by atoms with Crippen LogP contribution in [-0.4, -0.2) is 20.2 Å². The molecule has 0 unspecified atom stereocenters. The maximum absolute atomic E-state index is 11.4. The Balaban J connectivity index is 2.07. The smallest absolute Gasteiger partial charge is 0.309 e. The molecule has 2 aromatic rings. The predicted octanol–water partition coefficient (Wildman–Crippen LogP) is 3.02. The topological polar surface area (TPSA) is 47.6 Å². The van der Waals surface area contributed by atoms with Crippen molar-refractivity contribution in [3.63, 3.8) is 0 Å². The maximum atomic E-state index is 11.4. The fourth-order valence-corrected chi connectivity index (χ4v) is 2.06. The first kappa shape index (κ1) is 14.9. The zero-order valence-electron chi connectivity index (χ0n) is 12.3. The second-order valence-electron chi connectivity index (χ2n) is 4.61. The molecular formula is C17H19NO3. The molecular weight excluding hydrogens is 266 g/mol. The fraction of sp³-hybridized carbons (Fsp3) is 0.235. The molecule has 0 bridgehead atoms. The van der Waals surface area contributed by atoms with Crippen LogP contribution in [0.5, 0.6) is 5.75 Å². The lowest BCUT2D eigenvalue weighted by Crippen LogP contribution is -2.09. The average molecular weight is 285 g/mol. The van der Waals surface area contributed by atoms with Crippen LogP contribution in [-0.2, 0) is 22.5 Å². The molecule has 0 aliphatic carbocycles. The van der Waals surface area contributed by atoms with E-state index in [1.165, 1.54) is 7.11 Å². The highest BCUT2D eigenvalue weighted by molar-refractivity contribution is 5.73. The van der Waals surface area contributed by atoms with Gasteiger partial charge in [0.15, 0.2) is 0 Å². The molecule has 0 saturated heterocycles. The van der Waals surface area contributed by atoms with Crippen molar-refractivity contribution in [2.75, 3.05) is 19.5 Å². The number of carbonyl (C=O) groups excluding carboxylic acids is 1. The molecule has 0 amide bonds. The van der Waals surface area contributed by atoms with E-state index in [1.54, 1.807) is 7.11 Å². The lowest BCUT2D eigenvalue weighted by atomic mass is 10.0. The summed E-state index contributed by atoms with van der Waals surface area (Å²) in [5.74, 6) is 0.576. The molecule has 4 heteroatoms. The number of ether oxygens (including phenoxy) is 2. The maximum Gasteiger partial charge on any atom is 0.309 e. The van der Waals surface area contributed by atoms with E-state index in [0.717, 1.165) is 22.6 Å². The Labute approximate surface area is 124 Å². The van der Waals surface area contributed by atoms with E-state index in [0.29, 0.717) is 6.54 Å². The molecule has 1 N–H and O–H groups in total. The zero-order valence-corrected chi connectivity index (χ0v) is 12.3. The van der Waals surface area contributed by atoms with E-state index in [1.807, 2.05) is 48.5 Å². The van der Waals surface area contributed by atoms with Gasteiger partial charge in [0.1, 0.15) is 5.75 Å². The fourth-order valence-electron chi connectivity index (χ4n) is 2.06. The Hall–Kier alpha value is -2.49. The van der Waals surface area contributed by atoms with Gasteiger partial charge in [-0.15, -0.1) is 0 Å². The first-order valence-corrected chi connectivity index (χ1v) is 6.74. The number of anilines is 1. The molecule has 0 aliphatic heterocycles. The van der Waals surface area contributed by atoms with Crippen molar-refractivity contribution in [2.45, 2.75) is 13.0 Å². The van der Waals surface area contributed by atoms with Gasteiger partial charge in [0, 0.05) is 18.3 Å². The summed E-state index contributed by atoms with van der Waals surface area (Å²) in [6.07, 6.45) is 0.284. The van der Waals surface area contributed by atoms with Gasteiger partial charge in [-0.1, -0.05) is 30.3 Å². The molecule has 0 fully saturated rings. The quantitative estimate of drug-likeness (QED) is 0.829. The summed E-state index contributed by atoms with van der Waals surface area (Å²) >= 11 is 0. The molecule has 4 nitrogen and oxygen atoms in total. The Morgan fingerprint density at radius 3 is 2.52 bits per heavy atom. The van der Waals surface area contributed by atoms with Gasteiger partial charge < -0.3 is 14.8 Å². The van der Waals surface area contributed by atoms with Gasteiger partial charge in [0.05, 0.1) is 20.6 Å². The molecule has 0 aliphatic rings. The van der Waals surface area contributed by atoms with Gasteiger partial charge in [-0.2, -0.15) is 0 Å². The predicted molar refractivity (Wildman–Crippen MR) is 82.5 cm³/mol. The van der Waals surface area contributed by atoms with Crippen LogP contribution >= 0.6 is 0 Å². The number of rotatable bonds is 6. The van der Waals surface area contributed by atoms with Crippen LogP contribution in [0.15, 0.2) is 48.5 Å². The minimum absolute atomic E-state index is 0.233. The molecule has 0 radical (unpaired) electrons. The third-order valence-electron chi connectivity index (χ3n) is 3.23. The van der Waals surface area contributed by atoms with Gasteiger partial charge in [0.2, 0.25) is 0 Å². The van der Waals surface area contributed by atoms with Crippen LogP contribution in [0.4, 0.5) is 5.69 Å².